The Kier molecular flexibility index (Phi) is 1.58. The molecule has 1 nitrogen and oxygen atoms in total. The second-order valence-electron chi connectivity index (χ2n) is 3.13. The smallest absolute Gasteiger partial charge is 0.162 e. The number of hydrogen-bond acceptors (Lipinski definition) is 1. The molecule has 2 rings (SSSR count). The van der Waals surface area contributed by atoms with Crippen LogP contribution in [0.1, 0.15) is 19.5 Å². The predicted octanol–water partition coefficient (Wildman–Crippen LogP) is 2.46. The van der Waals surface area contributed by atoms with E-state index < -0.39 is 0 Å². The van der Waals surface area contributed by atoms with Crippen LogP contribution in [-0.4, -0.2) is 5.78 Å². The van der Waals surface area contributed by atoms with Gasteiger partial charge in [-0.05, 0) is 29.7 Å². The van der Waals surface area contributed by atoms with Crippen LogP contribution in [0.15, 0.2) is 29.8 Å². The van der Waals surface area contributed by atoms with E-state index in [1.807, 2.05) is 37.3 Å². The Hall–Kier alpha value is -1.37. The molecular formula is C11H12O. The third kappa shape index (κ3) is 1.07. The number of ketones is 1. The molecular weight excluding hydrogens is 148 g/mol. The Morgan fingerprint density at radius 1 is 1.33 bits per heavy atom. The molecule has 0 saturated heterocycles. The monoisotopic (exact) mass is 160 g/mol. The molecule has 0 N–H and O–H groups in total. The van der Waals surface area contributed by atoms with E-state index in [0.29, 0.717) is 6.42 Å². The van der Waals surface area contributed by atoms with Gasteiger partial charge in [0.1, 0.15) is 0 Å². The summed E-state index contributed by atoms with van der Waals surface area (Å²) in [4.78, 5) is 11.3. The summed E-state index contributed by atoms with van der Waals surface area (Å²) in [5, 5.41) is 0. The van der Waals surface area contributed by atoms with Crippen LogP contribution < -0.4 is 0 Å². The summed E-state index contributed by atoms with van der Waals surface area (Å²) in [6, 6.07) is 8.03. The molecule has 0 saturated carbocycles. The minimum Gasteiger partial charge on any atom is -0.294 e. The molecule has 62 valence electrons. The molecule has 12 heavy (non-hydrogen) atoms. The normalized spacial score (nSPS) is 15.4. The number of benzene rings is 1. The van der Waals surface area contributed by atoms with Crippen LogP contribution >= 0.6 is 0 Å². The second kappa shape index (κ2) is 2.59. The van der Waals surface area contributed by atoms with E-state index in [1.54, 1.807) is 0 Å². The van der Waals surface area contributed by atoms with Crippen LogP contribution in [0.5, 0.6) is 0 Å². The van der Waals surface area contributed by atoms with Crippen molar-refractivity contribution >= 4 is 11.9 Å². The molecule has 0 aromatic heterocycles. The van der Waals surface area contributed by atoms with Gasteiger partial charge in [-0.25, -0.2) is 0 Å². The number of Topliss-reactive ketones (excluding diaryl/α,β-unsaturated/α-hetero) is 1. The molecule has 0 unspecified atom stereocenters. The Balaban J connectivity index is 0.000000845. The molecule has 0 fully saturated rings. The first-order chi connectivity index (χ1) is 5.77. The summed E-state index contributed by atoms with van der Waals surface area (Å²) in [6.45, 7) is 1.87. The summed E-state index contributed by atoms with van der Waals surface area (Å²) in [7, 11) is 0. The van der Waals surface area contributed by atoms with E-state index in [4.69, 9.17) is 0 Å². The zero-order valence-corrected chi connectivity index (χ0v) is 7.00. The lowest BCUT2D eigenvalue weighted by Gasteiger charge is -2.11. The average molecular weight is 160 g/mol. The fraction of sp³-hybridized carbons (Fsp3) is 0.182. The number of carbonyl (C=O) groups is 1. The van der Waals surface area contributed by atoms with Gasteiger partial charge in [0.05, 0.1) is 0 Å². The van der Waals surface area contributed by atoms with Crippen molar-refractivity contribution in [3.05, 3.63) is 41.0 Å². The highest BCUT2D eigenvalue weighted by atomic mass is 16.1. The average Bonchev–Trinajstić information content (AvgIpc) is 2.07. The van der Waals surface area contributed by atoms with Crippen LogP contribution in [0, 0.1) is 0 Å². The van der Waals surface area contributed by atoms with Gasteiger partial charge >= 0.3 is 0 Å². The summed E-state index contributed by atoms with van der Waals surface area (Å²) in [5.74, 6) is 0.244. The number of hydrogen-bond donors (Lipinski definition) is 0. The van der Waals surface area contributed by atoms with Crippen molar-refractivity contribution in [1.29, 1.82) is 0 Å². The van der Waals surface area contributed by atoms with Crippen molar-refractivity contribution in [2.45, 2.75) is 13.3 Å². The molecule has 1 aliphatic carbocycles. The zero-order valence-electron chi connectivity index (χ0n) is 7.00. The van der Waals surface area contributed by atoms with Crippen molar-refractivity contribution < 1.29 is 6.22 Å². The quantitative estimate of drug-likeness (QED) is 0.569. The summed E-state index contributed by atoms with van der Waals surface area (Å²) < 4.78 is 0. The highest BCUT2D eigenvalue weighted by Gasteiger charge is 2.13. The van der Waals surface area contributed by atoms with E-state index in [2.05, 4.69) is 0 Å². The van der Waals surface area contributed by atoms with Crippen molar-refractivity contribution in [2.24, 2.45) is 0 Å². The number of fused-ring (bicyclic) bond motifs is 1. The standard InChI is InChI=1S/C11H10O.H2/c1-8-6-9-4-2-3-5-10(9)7-11(8)12;/h2-6H,7H2,1H3;1H. The van der Waals surface area contributed by atoms with Gasteiger partial charge < -0.3 is 0 Å². The van der Waals surface area contributed by atoms with Crippen LogP contribution in [0.25, 0.3) is 6.08 Å². The molecule has 0 amide bonds. The molecule has 0 spiro atoms. The van der Waals surface area contributed by atoms with Gasteiger partial charge in [-0.3, -0.25) is 4.79 Å². The van der Waals surface area contributed by atoms with Gasteiger partial charge in [0.25, 0.3) is 0 Å². The van der Waals surface area contributed by atoms with Crippen LogP contribution in [0.2, 0.25) is 0 Å². The molecule has 1 aromatic carbocycles. The fourth-order valence-corrected chi connectivity index (χ4v) is 1.46. The second-order valence-corrected chi connectivity index (χ2v) is 3.13. The van der Waals surface area contributed by atoms with E-state index in [1.165, 1.54) is 5.56 Å². The Morgan fingerprint density at radius 3 is 2.92 bits per heavy atom. The molecule has 0 radical (unpaired) electrons. The molecule has 0 bridgehead atoms. The highest BCUT2D eigenvalue weighted by Crippen LogP contribution is 2.20. The maximum absolute atomic E-state index is 11.3. The largest absolute Gasteiger partial charge is 0.294 e. The minimum absolute atomic E-state index is 0. The number of rotatable bonds is 0. The topological polar surface area (TPSA) is 17.1 Å². The first kappa shape index (κ1) is 7.29. The Labute approximate surface area is 73.2 Å². The van der Waals surface area contributed by atoms with Crippen LogP contribution in [0.4, 0.5) is 0 Å². The van der Waals surface area contributed by atoms with Crippen molar-refractivity contribution in [1.82, 2.24) is 0 Å². The SMILES string of the molecule is CC1=Cc2ccccc2CC1=O.[HH]. The van der Waals surface area contributed by atoms with E-state index >= 15 is 0 Å². The maximum Gasteiger partial charge on any atom is 0.162 e. The van der Waals surface area contributed by atoms with Gasteiger partial charge in [-0.2, -0.15) is 0 Å². The maximum atomic E-state index is 11.3. The molecule has 0 atom stereocenters. The zero-order chi connectivity index (χ0) is 8.55. The lowest BCUT2D eigenvalue weighted by molar-refractivity contribution is -0.114. The summed E-state index contributed by atoms with van der Waals surface area (Å²) in [5.41, 5.74) is 3.21. The Bertz CT molecular complexity index is 366. The first-order valence-electron chi connectivity index (χ1n) is 4.07. The van der Waals surface area contributed by atoms with Gasteiger partial charge in [-0.1, -0.05) is 24.3 Å². The lowest BCUT2D eigenvalue weighted by atomic mass is 9.92. The lowest BCUT2D eigenvalue weighted by Crippen LogP contribution is -2.09. The highest BCUT2D eigenvalue weighted by molar-refractivity contribution is 6.03. The number of allylic oxidation sites excluding steroid dienone is 1. The van der Waals surface area contributed by atoms with Crippen molar-refractivity contribution in [2.75, 3.05) is 0 Å². The van der Waals surface area contributed by atoms with Crippen LogP contribution in [-0.2, 0) is 11.2 Å². The van der Waals surface area contributed by atoms with Crippen molar-refractivity contribution in [3.8, 4) is 0 Å². The number of carbonyl (C=O) groups excluding carboxylic acids is 1. The molecule has 1 aliphatic rings. The molecule has 0 heterocycles. The molecule has 1 aromatic rings. The summed E-state index contributed by atoms with van der Waals surface area (Å²) in [6.07, 6.45) is 2.53. The molecule has 1 heteroatoms. The Morgan fingerprint density at radius 2 is 2.08 bits per heavy atom. The van der Waals surface area contributed by atoms with E-state index in [9.17, 15) is 4.79 Å². The minimum atomic E-state index is 0. The van der Waals surface area contributed by atoms with Gasteiger partial charge in [0, 0.05) is 7.85 Å². The van der Waals surface area contributed by atoms with E-state index in [0.717, 1.165) is 11.1 Å². The fourth-order valence-electron chi connectivity index (χ4n) is 1.46. The van der Waals surface area contributed by atoms with E-state index in [-0.39, 0.29) is 7.21 Å². The van der Waals surface area contributed by atoms with Gasteiger partial charge in [0.2, 0.25) is 0 Å². The first-order valence-corrected chi connectivity index (χ1v) is 4.07. The third-order valence-corrected chi connectivity index (χ3v) is 2.22. The van der Waals surface area contributed by atoms with Crippen molar-refractivity contribution in [3.63, 3.8) is 0 Å². The van der Waals surface area contributed by atoms with Gasteiger partial charge in [-0.15, -0.1) is 0 Å². The summed E-state index contributed by atoms with van der Waals surface area (Å²) >= 11 is 0. The predicted molar refractivity (Wildman–Crippen MR) is 50.9 cm³/mol. The molecule has 0 aliphatic heterocycles. The third-order valence-electron chi connectivity index (χ3n) is 2.22. The van der Waals surface area contributed by atoms with Crippen LogP contribution in [0.3, 0.4) is 0 Å². The van der Waals surface area contributed by atoms with Gasteiger partial charge in [0.15, 0.2) is 5.78 Å².